The zero-order valence-electron chi connectivity index (χ0n) is 10.9. The molecule has 0 bridgehead atoms. The van der Waals surface area contributed by atoms with Crippen molar-refractivity contribution >= 4 is 57.2 Å². The van der Waals surface area contributed by atoms with E-state index in [-0.39, 0.29) is 0 Å². The van der Waals surface area contributed by atoms with Crippen molar-refractivity contribution in [3.63, 3.8) is 0 Å². The van der Waals surface area contributed by atoms with Crippen LogP contribution in [0.25, 0.3) is 0 Å². The van der Waals surface area contributed by atoms with E-state index in [2.05, 4.69) is 27.6 Å². The molecule has 0 saturated heterocycles. The quantitative estimate of drug-likeness (QED) is 0.815. The number of rotatable bonds is 5. The van der Waals surface area contributed by atoms with Crippen LogP contribution in [0.15, 0.2) is 30.3 Å². The van der Waals surface area contributed by atoms with Crippen LogP contribution in [0.2, 0.25) is 0 Å². The Morgan fingerprint density at radius 3 is 2.52 bits per heavy atom. The van der Waals surface area contributed by atoms with Gasteiger partial charge in [-0.3, -0.25) is 10.1 Å². The molecule has 0 aliphatic carbocycles. The topological polar surface area (TPSA) is 54.9 Å². The highest BCUT2D eigenvalue weighted by Crippen LogP contribution is 2.28. The monoisotopic (exact) mass is 363 g/mol. The number of anilines is 1. The Morgan fingerprint density at radius 2 is 1.86 bits per heavy atom. The van der Waals surface area contributed by atoms with Gasteiger partial charge in [0.25, 0.3) is 9.70 Å². The zero-order chi connectivity index (χ0) is 15.3. The van der Waals surface area contributed by atoms with Crippen molar-refractivity contribution in [3.8, 4) is 0 Å². The van der Waals surface area contributed by atoms with Gasteiger partial charge in [0.15, 0.2) is 0 Å². The maximum absolute atomic E-state index is 11.5. The predicted molar refractivity (Wildman–Crippen MR) is 87.3 cm³/mol. The van der Waals surface area contributed by atoms with Crippen LogP contribution in [0.3, 0.4) is 0 Å². The summed E-state index contributed by atoms with van der Waals surface area (Å²) < 4.78 is -2.00. The second kappa shape index (κ2) is 7.40. The van der Waals surface area contributed by atoms with E-state index < -0.39 is 9.70 Å². The maximum Gasteiger partial charge on any atom is 0.278 e. The lowest BCUT2D eigenvalue weighted by atomic mass is 10.1. The summed E-state index contributed by atoms with van der Waals surface area (Å²) in [5.41, 5.74) is 1.28. The first kappa shape index (κ1) is 16.5. The highest BCUT2D eigenvalue weighted by atomic mass is 35.6. The van der Waals surface area contributed by atoms with E-state index in [0.29, 0.717) is 5.13 Å². The van der Waals surface area contributed by atoms with Gasteiger partial charge in [0, 0.05) is 6.42 Å². The molecule has 0 saturated carbocycles. The number of benzene rings is 1. The third-order valence-corrected chi connectivity index (χ3v) is 4.06. The first-order valence-corrected chi connectivity index (χ1v) is 8.14. The van der Waals surface area contributed by atoms with E-state index in [4.69, 9.17) is 34.8 Å². The van der Waals surface area contributed by atoms with Gasteiger partial charge in [0.2, 0.25) is 5.13 Å². The molecule has 1 amide bonds. The van der Waals surface area contributed by atoms with Gasteiger partial charge >= 0.3 is 0 Å². The van der Waals surface area contributed by atoms with Crippen LogP contribution in [-0.2, 0) is 17.6 Å². The fraction of sp³-hybridized carbons (Fsp3) is 0.308. The molecule has 0 unspecified atom stereocenters. The lowest BCUT2D eigenvalue weighted by Crippen LogP contribution is -2.26. The van der Waals surface area contributed by atoms with Crippen LogP contribution in [0.5, 0.6) is 0 Å². The number of hydrogen-bond acceptors (Lipinski definition) is 4. The van der Waals surface area contributed by atoms with Gasteiger partial charge in [-0.15, -0.1) is 10.2 Å². The van der Waals surface area contributed by atoms with Crippen LogP contribution < -0.4 is 5.32 Å². The third-order valence-electron chi connectivity index (χ3n) is 2.64. The second-order valence-electron chi connectivity index (χ2n) is 4.29. The van der Waals surface area contributed by atoms with Crippen molar-refractivity contribution in [1.29, 1.82) is 0 Å². The smallest absolute Gasteiger partial charge is 0.278 e. The van der Waals surface area contributed by atoms with E-state index in [1.807, 2.05) is 18.2 Å². The number of aryl methyl sites for hydroxylation is 2. The Bertz CT molecular complexity index is 598. The number of alkyl halides is 3. The Balaban J connectivity index is 1.82. The number of carbonyl (C=O) groups is 1. The van der Waals surface area contributed by atoms with Crippen molar-refractivity contribution in [2.24, 2.45) is 0 Å². The van der Waals surface area contributed by atoms with E-state index in [1.54, 1.807) is 0 Å². The molecule has 0 fully saturated rings. The minimum absolute atomic E-state index is 0.334. The largest absolute Gasteiger partial charge is 0.297 e. The lowest BCUT2D eigenvalue weighted by Gasteiger charge is -2.08. The summed E-state index contributed by atoms with van der Waals surface area (Å²) in [7, 11) is 0. The van der Waals surface area contributed by atoms with Crippen molar-refractivity contribution in [2.45, 2.75) is 23.1 Å². The number of nitrogens with one attached hydrogen (secondary N) is 1. The fourth-order valence-electron chi connectivity index (χ4n) is 1.66. The van der Waals surface area contributed by atoms with Gasteiger partial charge in [0.05, 0.1) is 0 Å². The van der Waals surface area contributed by atoms with Crippen molar-refractivity contribution in [3.05, 3.63) is 40.9 Å². The minimum atomic E-state index is -2.00. The predicted octanol–water partition coefficient (Wildman–Crippen LogP) is 4.02. The Kier molecular flexibility index (Phi) is 5.81. The molecule has 2 rings (SSSR count). The standard InChI is InChI=1S/C13H12Cl3N3OS/c14-13(15,16)11(20)17-12-19-18-10(21-12)8-4-7-9-5-2-1-3-6-9/h1-3,5-6H,4,7-8H2,(H,17,19,20). The molecule has 21 heavy (non-hydrogen) atoms. The van der Waals surface area contributed by atoms with Gasteiger partial charge in [0.1, 0.15) is 5.01 Å². The number of carbonyl (C=O) groups excluding carboxylic acids is 1. The number of hydrogen-bond donors (Lipinski definition) is 1. The fourth-order valence-corrected chi connectivity index (χ4v) is 2.58. The summed E-state index contributed by atoms with van der Waals surface area (Å²) >= 11 is 17.7. The van der Waals surface area contributed by atoms with Gasteiger partial charge in [-0.05, 0) is 18.4 Å². The molecule has 0 aliphatic heterocycles. The molecule has 1 N–H and O–H groups in total. The van der Waals surface area contributed by atoms with E-state index in [0.717, 1.165) is 24.3 Å². The molecule has 0 radical (unpaired) electrons. The van der Waals surface area contributed by atoms with Crippen molar-refractivity contribution < 1.29 is 4.79 Å². The van der Waals surface area contributed by atoms with Gasteiger partial charge in [-0.2, -0.15) is 0 Å². The normalized spacial score (nSPS) is 11.4. The molecule has 1 heterocycles. The number of aromatic nitrogens is 2. The number of nitrogens with zero attached hydrogens (tertiary/aromatic N) is 2. The average molecular weight is 365 g/mol. The summed E-state index contributed by atoms with van der Waals surface area (Å²) in [5, 5.41) is 11.5. The average Bonchev–Trinajstić information content (AvgIpc) is 2.86. The maximum atomic E-state index is 11.5. The second-order valence-corrected chi connectivity index (χ2v) is 7.64. The first-order chi connectivity index (χ1) is 9.95. The van der Waals surface area contributed by atoms with Crippen LogP contribution in [0.1, 0.15) is 17.0 Å². The van der Waals surface area contributed by atoms with Crippen LogP contribution in [0, 0.1) is 0 Å². The minimum Gasteiger partial charge on any atom is -0.297 e. The highest BCUT2D eigenvalue weighted by molar-refractivity contribution is 7.15. The Hall–Kier alpha value is -0.880. The molecule has 112 valence electrons. The van der Waals surface area contributed by atoms with Crippen molar-refractivity contribution in [2.75, 3.05) is 5.32 Å². The number of halogens is 3. The van der Waals surface area contributed by atoms with Crippen LogP contribution in [0.4, 0.5) is 5.13 Å². The SMILES string of the molecule is O=C(Nc1nnc(CCCc2ccccc2)s1)C(Cl)(Cl)Cl. The molecule has 4 nitrogen and oxygen atoms in total. The van der Waals surface area contributed by atoms with Crippen LogP contribution >= 0.6 is 46.1 Å². The van der Waals surface area contributed by atoms with Gasteiger partial charge in [-0.25, -0.2) is 0 Å². The molecular formula is C13H12Cl3N3OS. The van der Waals surface area contributed by atoms with E-state index in [9.17, 15) is 4.79 Å². The number of amides is 1. The Morgan fingerprint density at radius 1 is 1.14 bits per heavy atom. The van der Waals surface area contributed by atoms with E-state index >= 15 is 0 Å². The summed E-state index contributed by atoms with van der Waals surface area (Å²) in [5.74, 6) is -0.737. The molecule has 8 heteroatoms. The highest BCUT2D eigenvalue weighted by Gasteiger charge is 2.31. The van der Waals surface area contributed by atoms with Crippen LogP contribution in [-0.4, -0.2) is 19.9 Å². The molecular weight excluding hydrogens is 353 g/mol. The Labute approximate surface area is 141 Å². The molecule has 1 aromatic heterocycles. The first-order valence-electron chi connectivity index (χ1n) is 6.19. The summed E-state index contributed by atoms with van der Waals surface area (Å²) in [6, 6.07) is 10.2. The molecule has 0 aliphatic rings. The third kappa shape index (κ3) is 5.43. The van der Waals surface area contributed by atoms with Gasteiger partial charge in [-0.1, -0.05) is 76.5 Å². The summed E-state index contributed by atoms with van der Waals surface area (Å²) in [4.78, 5) is 11.5. The summed E-state index contributed by atoms with van der Waals surface area (Å²) in [6.07, 6.45) is 2.71. The van der Waals surface area contributed by atoms with Crippen molar-refractivity contribution in [1.82, 2.24) is 10.2 Å². The zero-order valence-corrected chi connectivity index (χ0v) is 13.9. The lowest BCUT2D eigenvalue weighted by molar-refractivity contribution is -0.115. The molecule has 0 spiro atoms. The van der Waals surface area contributed by atoms with Gasteiger partial charge < -0.3 is 0 Å². The molecule has 2 aromatic rings. The molecule has 1 aromatic carbocycles. The summed E-state index contributed by atoms with van der Waals surface area (Å²) in [6.45, 7) is 0. The molecule has 0 atom stereocenters. The van der Waals surface area contributed by atoms with E-state index in [1.165, 1.54) is 16.9 Å².